The van der Waals surface area contributed by atoms with E-state index in [1.165, 1.54) is 64.8 Å². The molecule has 0 spiro atoms. The Hall–Kier alpha value is -3.71. The molecule has 0 saturated carbocycles. The van der Waals surface area contributed by atoms with Crippen molar-refractivity contribution in [1.82, 2.24) is 0 Å². The van der Waals surface area contributed by atoms with Gasteiger partial charge in [0.1, 0.15) is 0 Å². The number of hydrogen-bond donors (Lipinski definition) is 0. The first-order chi connectivity index (χ1) is 14.3. The summed E-state index contributed by atoms with van der Waals surface area (Å²) in [6.45, 7) is 0. The van der Waals surface area contributed by atoms with Crippen LogP contribution in [0.4, 0.5) is 0 Å². The lowest BCUT2D eigenvalue weighted by Gasteiger charge is -2.25. The van der Waals surface area contributed by atoms with Gasteiger partial charge in [0.15, 0.2) is 5.78 Å². The Morgan fingerprint density at radius 1 is 0.483 bits per heavy atom. The summed E-state index contributed by atoms with van der Waals surface area (Å²) >= 11 is 0. The zero-order chi connectivity index (χ0) is 18.9. The van der Waals surface area contributed by atoms with Crippen molar-refractivity contribution in [3.05, 3.63) is 83.9 Å². The third kappa shape index (κ3) is 1.45. The molecule has 0 heterocycles. The summed E-state index contributed by atoms with van der Waals surface area (Å²) < 4.78 is 0. The Morgan fingerprint density at radius 3 is 1.83 bits per heavy atom. The minimum absolute atomic E-state index is 0.244. The Morgan fingerprint density at radius 2 is 1.07 bits per heavy atom. The molecule has 0 saturated heterocycles. The molecule has 0 amide bonds. The van der Waals surface area contributed by atoms with Gasteiger partial charge >= 0.3 is 0 Å². The maximum atomic E-state index is 13.4. The molecule has 0 aliphatic heterocycles. The van der Waals surface area contributed by atoms with Crippen molar-refractivity contribution in [3.63, 3.8) is 0 Å². The highest BCUT2D eigenvalue weighted by atomic mass is 16.1. The lowest BCUT2D eigenvalue weighted by Crippen LogP contribution is -2.12. The highest BCUT2D eigenvalue weighted by Gasteiger charge is 2.28. The van der Waals surface area contributed by atoms with Crippen molar-refractivity contribution in [3.8, 4) is 0 Å². The van der Waals surface area contributed by atoms with Gasteiger partial charge in [-0.2, -0.15) is 0 Å². The number of Topliss-reactive ketones (excluding diaryl/α,β-unsaturated/α-hetero) is 1. The van der Waals surface area contributed by atoms with Crippen LogP contribution in [0.5, 0.6) is 0 Å². The summed E-state index contributed by atoms with van der Waals surface area (Å²) in [6.07, 6.45) is 0.488. The Balaban J connectivity index is 1.94. The Bertz CT molecular complexity index is 1830. The number of ketones is 1. The Labute approximate surface area is 165 Å². The molecule has 1 aliphatic carbocycles. The van der Waals surface area contributed by atoms with Crippen molar-refractivity contribution in [2.24, 2.45) is 0 Å². The molecule has 1 heteroatoms. The molecule has 0 fully saturated rings. The van der Waals surface area contributed by atoms with E-state index in [0.717, 1.165) is 10.9 Å². The van der Waals surface area contributed by atoms with Gasteiger partial charge < -0.3 is 0 Å². The first kappa shape index (κ1) is 14.3. The molecule has 132 valence electrons. The van der Waals surface area contributed by atoms with Crippen molar-refractivity contribution >= 4 is 70.4 Å². The number of fused-ring (bicyclic) bond motifs is 3. The zero-order valence-electron chi connectivity index (χ0n) is 15.5. The highest BCUT2D eigenvalue weighted by Crippen LogP contribution is 2.50. The fraction of sp³-hybridized carbons (Fsp3) is 0.0357. The van der Waals surface area contributed by atoms with Gasteiger partial charge in [-0.25, -0.2) is 0 Å². The summed E-state index contributed by atoms with van der Waals surface area (Å²) in [7, 11) is 0. The quantitative estimate of drug-likeness (QED) is 0.204. The van der Waals surface area contributed by atoms with E-state index < -0.39 is 0 Å². The molecule has 1 nitrogen and oxygen atoms in total. The number of benzene rings is 7. The van der Waals surface area contributed by atoms with Crippen LogP contribution in [0.2, 0.25) is 0 Å². The maximum Gasteiger partial charge on any atom is 0.168 e. The molecule has 0 N–H and O–H groups in total. The van der Waals surface area contributed by atoms with E-state index in [2.05, 4.69) is 72.8 Å². The minimum Gasteiger partial charge on any atom is -0.294 e. The summed E-state index contributed by atoms with van der Waals surface area (Å²) in [5, 5.41) is 15.1. The highest BCUT2D eigenvalue weighted by molar-refractivity contribution is 6.46. The molecule has 7 aromatic carbocycles. The van der Waals surface area contributed by atoms with E-state index in [9.17, 15) is 4.79 Å². The number of carbonyl (C=O) groups is 1. The third-order valence-corrected chi connectivity index (χ3v) is 7.10. The van der Waals surface area contributed by atoms with Crippen molar-refractivity contribution in [2.75, 3.05) is 0 Å². The molecule has 29 heavy (non-hydrogen) atoms. The molecule has 0 radical (unpaired) electrons. The second-order valence-corrected chi connectivity index (χ2v) is 8.41. The second-order valence-electron chi connectivity index (χ2n) is 8.41. The van der Waals surface area contributed by atoms with Gasteiger partial charge in [0.05, 0.1) is 0 Å². The standard InChI is InChI=1S/C28H14O/c29-21-13-17-10-9-15-6-5-14-7-8-16-11-12-20-18-3-1-2-4-19(18)26(21)28-25(17)23(15)22(14)24(16)27(20)28/h1-12H,13H2. The predicted molar refractivity (Wildman–Crippen MR) is 122 cm³/mol. The van der Waals surface area contributed by atoms with E-state index in [0.29, 0.717) is 6.42 Å². The molecular formula is C28H14O. The molecule has 7 aromatic rings. The fourth-order valence-corrected chi connectivity index (χ4v) is 6.01. The third-order valence-electron chi connectivity index (χ3n) is 7.10. The second kappa shape index (κ2) is 4.47. The molecule has 8 rings (SSSR count). The fourth-order valence-electron chi connectivity index (χ4n) is 6.01. The molecular weight excluding hydrogens is 352 g/mol. The predicted octanol–water partition coefficient (Wildman–Crippen LogP) is 7.22. The lowest BCUT2D eigenvalue weighted by molar-refractivity contribution is 0.0995. The van der Waals surface area contributed by atoms with Crippen molar-refractivity contribution in [1.29, 1.82) is 0 Å². The lowest BCUT2D eigenvalue weighted by atomic mass is 9.76. The van der Waals surface area contributed by atoms with E-state index in [1.807, 2.05) is 0 Å². The average Bonchev–Trinajstić information content (AvgIpc) is 2.77. The summed E-state index contributed by atoms with van der Waals surface area (Å²) in [5.74, 6) is 0.244. The van der Waals surface area contributed by atoms with Crippen LogP contribution in [0.1, 0.15) is 15.9 Å². The van der Waals surface area contributed by atoms with Crippen molar-refractivity contribution < 1.29 is 4.79 Å². The maximum absolute atomic E-state index is 13.4. The molecule has 0 bridgehead atoms. The van der Waals surface area contributed by atoms with Crippen LogP contribution < -0.4 is 0 Å². The summed E-state index contributed by atoms with van der Waals surface area (Å²) in [6, 6.07) is 26.2. The minimum atomic E-state index is 0.244. The monoisotopic (exact) mass is 366 g/mol. The average molecular weight is 366 g/mol. The van der Waals surface area contributed by atoms with E-state index in [4.69, 9.17) is 0 Å². The van der Waals surface area contributed by atoms with Crippen LogP contribution in [-0.2, 0) is 6.42 Å². The van der Waals surface area contributed by atoms with Crippen LogP contribution >= 0.6 is 0 Å². The first-order valence-electron chi connectivity index (χ1n) is 10.1. The van der Waals surface area contributed by atoms with Gasteiger partial charge in [-0.15, -0.1) is 0 Å². The van der Waals surface area contributed by atoms with E-state index >= 15 is 0 Å². The van der Waals surface area contributed by atoms with Crippen molar-refractivity contribution in [2.45, 2.75) is 6.42 Å². The number of carbonyl (C=O) groups excluding carboxylic acids is 1. The van der Waals surface area contributed by atoms with Gasteiger partial charge in [0, 0.05) is 17.4 Å². The SMILES string of the molecule is O=C1Cc2ccc3ccc4ccc5ccc6c7ccccc7c1c1c2c3c4c5c61. The van der Waals surface area contributed by atoms with Gasteiger partial charge in [-0.1, -0.05) is 72.8 Å². The summed E-state index contributed by atoms with van der Waals surface area (Å²) in [4.78, 5) is 13.4. The molecule has 0 atom stereocenters. The topological polar surface area (TPSA) is 17.1 Å². The van der Waals surface area contributed by atoms with E-state index in [1.54, 1.807) is 0 Å². The smallest absolute Gasteiger partial charge is 0.168 e. The Kier molecular flexibility index (Phi) is 2.21. The molecule has 1 aliphatic rings. The van der Waals surface area contributed by atoms with Gasteiger partial charge in [-0.3, -0.25) is 4.79 Å². The largest absolute Gasteiger partial charge is 0.294 e. The van der Waals surface area contributed by atoms with Gasteiger partial charge in [-0.05, 0) is 64.8 Å². The van der Waals surface area contributed by atoms with Crippen LogP contribution in [-0.4, -0.2) is 5.78 Å². The van der Waals surface area contributed by atoms with Crippen LogP contribution in [0.3, 0.4) is 0 Å². The van der Waals surface area contributed by atoms with Gasteiger partial charge in [0.25, 0.3) is 0 Å². The normalized spacial score (nSPS) is 14.1. The number of rotatable bonds is 0. The van der Waals surface area contributed by atoms with Crippen LogP contribution in [0.25, 0.3) is 64.6 Å². The van der Waals surface area contributed by atoms with E-state index in [-0.39, 0.29) is 5.78 Å². The van der Waals surface area contributed by atoms with Gasteiger partial charge in [0.2, 0.25) is 0 Å². The molecule has 0 aromatic heterocycles. The van der Waals surface area contributed by atoms with Crippen LogP contribution in [0.15, 0.2) is 72.8 Å². The first-order valence-corrected chi connectivity index (χ1v) is 10.1. The van der Waals surface area contributed by atoms with Crippen LogP contribution in [0, 0.1) is 0 Å². The molecule has 0 unspecified atom stereocenters. The zero-order valence-corrected chi connectivity index (χ0v) is 15.5. The summed E-state index contributed by atoms with van der Waals surface area (Å²) in [5.41, 5.74) is 2.10. The number of hydrogen-bond acceptors (Lipinski definition) is 1.